The predicted molar refractivity (Wildman–Crippen MR) is 128 cm³/mol. The van der Waals surface area contributed by atoms with Gasteiger partial charge in [0.2, 0.25) is 5.91 Å². The Balaban J connectivity index is 1.35. The fraction of sp³-hybridized carbons (Fsp3) is 0.444. The van der Waals surface area contributed by atoms with E-state index in [0.29, 0.717) is 13.0 Å². The van der Waals surface area contributed by atoms with Crippen LogP contribution in [0.25, 0.3) is 11.1 Å². The van der Waals surface area contributed by atoms with Crippen LogP contribution in [0.4, 0.5) is 4.79 Å². The molecule has 4 rings (SSSR count). The molecule has 0 spiro atoms. The molecule has 2 aliphatic carbocycles. The molecule has 3 N–H and O–H groups in total. The van der Waals surface area contributed by atoms with Gasteiger partial charge in [0.1, 0.15) is 12.6 Å². The molecule has 3 atom stereocenters. The van der Waals surface area contributed by atoms with Gasteiger partial charge in [-0.15, -0.1) is 0 Å². The number of nitrogens with one attached hydrogen (secondary N) is 2. The molecule has 2 amide bonds. The minimum Gasteiger partial charge on any atom is -0.481 e. The lowest BCUT2D eigenvalue weighted by Crippen LogP contribution is -2.51. The first-order valence-electron chi connectivity index (χ1n) is 12.0. The molecule has 0 bridgehead atoms. The van der Waals surface area contributed by atoms with Gasteiger partial charge in [-0.1, -0.05) is 68.8 Å². The van der Waals surface area contributed by atoms with Gasteiger partial charge in [-0.2, -0.15) is 0 Å². The summed E-state index contributed by atoms with van der Waals surface area (Å²) in [5, 5.41) is 14.9. The third kappa shape index (κ3) is 4.93. The molecule has 1 fully saturated rings. The van der Waals surface area contributed by atoms with Crippen LogP contribution < -0.4 is 10.6 Å². The summed E-state index contributed by atoms with van der Waals surface area (Å²) >= 11 is 0. The summed E-state index contributed by atoms with van der Waals surface area (Å²) in [6, 6.07) is 15.5. The van der Waals surface area contributed by atoms with Crippen molar-refractivity contribution in [3.8, 4) is 11.1 Å². The van der Waals surface area contributed by atoms with Crippen molar-refractivity contribution in [1.29, 1.82) is 0 Å². The largest absolute Gasteiger partial charge is 0.481 e. The minimum atomic E-state index is -0.811. The zero-order valence-electron chi connectivity index (χ0n) is 19.6. The Kier molecular flexibility index (Phi) is 7.20. The smallest absolute Gasteiger partial charge is 0.407 e. The Labute approximate surface area is 199 Å². The molecule has 0 radical (unpaired) electrons. The molecular weight excluding hydrogens is 432 g/mol. The number of carboxylic acid groups (broad SMARTS) is 1. The Morgan fingerprint density at radius 2 is 1.62 bits per heavy atom. The SMILES string of the molecule is CC(C)C(NC(=O)OCC1c2ccccc2-c2ccccc21)C(=O)NC[C@@H]1CCC[C@@H]1C(=O)O. The van der Waals surface area contributed by atoms with Gasteiger partial charge in [-0.3, -0.25) is 9.59 Å². The normalized spacial score (nSPS) is 19.9. The van der Waals surface area contributed by atoms with E-state index in [4.69, 9.17) is 4.74 Å². The maximum atomic E-state index is 12.8. The van der Waals surface area contributed by atoms with Crippen molar-refractivity contribution in [3.63, 3.8) is 0 Å². The Morgan fingerprint density at radius 3 is 2.21 bits per heavy atom. The molecule has 2 aliphatic rings. The van der Waals surface area contributed by atoms with E-state index in [1.165, 1.54) is 0 Å². The molecule has 1 saturated carbocycles. The average Bonchev–Trinajstić information content (AvgIpc) is 3.42. The molecule has 7 heteroatoms. The van der Waals surface area contributed by atoms with E-state index < -0.39 is 24.0 Å². The number of hydrogen-bond donors (Lipinski definition) is 3. The molecule has 34 heavy (non-hydrogen) atoms. The second kappa shape index (κ2) is 10.3. The zero-order chi connectivity index (χ0) is 24.2. The van der Waals surface area contributed by atoms with E-state index >= 15 is 0 Å². The Bertz CT molecular complexity index is 1020. The van der Waals surface area contributed by atoms with Crippen molar-refractivity contribution in [2.75, 3.05) is 13.2 Å². The number of aliphatic carboxylic acids is 1. The maximum Gasteiger partial charge on any atom is 0.407 e. The molecule has 0 aliphatic heterocycles. The van der Waals surface area contributed by atoms with Crippen LogP contribution in [-0.4, -0.2) is 42.3 Å². The van der Waals surface area contributed by atoms with Crippen molar-refractivity contribution in [3.05, 3.63) is 59.7 Å². The van der Waals surface area contributed by atoms with Gasteiger partial charge >= 0.3 is 12.1 Å². The number of carbonyl (C=O) groups is 3. The number of carbonyl (C=O) groups excluding carboxylic acids is 2. The van der Waals surface area contributed by atoms with Crippen molar-refractivity contribution in [1.82, 2.24) is 10.6 Å². The maximum absolute atomic E-state index is 12.8. The van der Waals surface area contributed by atoms with Gasteiger partial charge < -0.3 is 20.5 Å². The van der Waals surface area contributed by atoms with Crippen molar-refractivity contribution < 1.29 is 24.2 Å². The molecule has 2 aromatic carbocycles. The van der Waals surface area contributed by atoms with E-state index in [0.717, 1.165) is 35.1 Å². The third-order valence-electron chi connectivity index (χ3n) is 7.08. The number of ether oxygens (including phenoxy) is 1. The van der Waals surface area contributed by atoms with E-state index in [1.54, 1.807) is 0 Å². The van der Waals surface area contributed by atoms with E-state index in [1.807, 2.05) is 38.1 Å². The van der Waals surface area contributed by atoms with Crippen molar-refractivity contribution >= 4 is 18.0 Å². The quantitative estimate of drug-likeness (QED) is 0.544. The Morgan fingerprint density at radius 1 is 1.00 bits per heavy atom. The van der Waals surface area contributed by atoms with Crippen LogP contribution in [0.5, 0.6) is 0 Å². The monoisotopic (exact) mass is 464 g/mol. The van der Waals surface area contributed by atoms with Crippen LogP contribution in [0.2, 0.25) is 0 Å². The summed E-state index contributed by atoms with van der Waals surface area (Å²) in [6.45, 7) is 4.17. The fourth-order valence-corrected chi connectivity index (χ4v) is 5.25. The van der Waals surface area contributed by atoms with E-state index in [9.17, 15) is 19.5 Å². The first kappa shape index (κ1) is 23.8. The number of alkyl carbamates (subject to hydrolysis) is 1. The molecule has 0 aromatic heterocycles. The number of amides is 2. The lowest BCUT2D eigenvalue weighted by Gasteiger charge is -2.24. The number of fused-ring (bicyclic) bond motifs is 3. The average molecular weight is 465 g/mol. The van der Waals surface area contributed by atoms with Gasteiger partial charge in [0.15, 0.2) is 0 Å². The molecule has 180 valence electrons. The molecule has 1 unspecified atom stereocenters. The number of benzene rings is 2. The highest BCUT2D eigenvalue weighted by Gasteiger charge is 2.34. The molecule has 7 nitrogen and oxygen atoms in total. The van der Waals surface area contributed by atoms with Gasteiger partial charge in [0.05, 0.1) is 5.92 Å². The van der Waals surface area contributed by atoms with E-state index in [-0.39, 0.29) is 30.3 Å². The van der Waals surface area contributed by atoms with Gasteiger partial charge in [0.25, 0.3) is 0 Å². The highest BCUT2D eigenvalue weighted by molar-refractivity contribution is 5.86. The van der Waals surface area contributed by atoms with Crippen LogP contribution in [0.1, 0.15) is 50.2 Å². The van der Waals surface area contributed by atoms with E-state index in [2.05, 4.69) is 34.9 Å². The minimum absolute atomic E-state index is 0.0557. The van der Waals surface area contributed by atoms with Crippen LogP contribution in [0.3, 0.4) is 0 Å². The summed E-state index contributed by atoms with van der Waals surface area (Å²) in [4.78, 5) is 36.9. The summed E-state index contributed by atoms with van der Waals surface area (Å²) in [5.41, 5.74) is 4.55. The third-order valence-corrected chi connectivity index (χ3v) is 7.08. The number of hydrogen-bond acceptors (Lipinski definition) is 4. The van der Waals surface area contributed by atoms with Gasteiger partial charge in [-0.25, -0.2) is 4.79 Å². The molecule has 0 heterocycles. The number of carboxylic acids is 1. The number of rotatable bonds is 8. The molecule has 2 aromatic rings. The van der Waals surface area contributed by atoms with Gasteiger partial charge in [-0.05, 0) is 46.9 Å². The summed E-state index contributed by atoms with van der Waals surface area (Å²) in [5.74, 6) is -1.84. The van der Waals surface area contributed by atoms with Crippen LogP contribution in [0.15, 0.2) is 48.5 Å². The highest BCUT2D eigenvalue weighted by atomic mass is 16.5. The lowest BCUT2D eigenvalue weighted by atomic mass is 9.96. The zero-order valence-corrected chi connectivity index (χ0v) is 19.6. The molecule has 0 saturated heterocycles. The van der Waals surface area contributed by atoms with Crippen LogP contribution in [0, 0.1) is 17.8 Å². The summed E-state index contributed by atoms with van der Waals surface area (Å²) in [6.07, 6.45) is 1.63. The summed E-state index contributed by atoms with van der Waals surface area (Å²) < 4.78 is 5.59. The second-order valence-corrected chi connectivity index (χ2v) is 9.57. The first-order chi connectivity index (χ1) is 16.4. The molecular formula is C27H32N2O5. The van der Waals surface area contributed by atoms with Crippen LogP contribution >= 0.6 is 0 Å². The fourth-order valence-electron chi connectivity index (χ4n) is 5.25. The van der Waals surface area contributed by atoms with Crippen molar-refractivity contribution in [2.24, 2.45) is 17.8 Å². The highest BCUT2D eigenvalue weighted by Crippen LogP contribution is 2.44. The topological polar surface area (TPSA) is 105 Å². The van der Waals surface area contributed by atoms with Gasteiger partial charge in [0, 0.05) is 12.5 Å². The second-order valence-electron chi connectivity index (χ2n) is 9.57. The first-order valence-corrected chi connectivity index (χ1v) is 12.0. The predicted octanol–water partition coefficient (Wildman–Crippen LogP) is 4.17. The Hall–Kier alpha value is -3.35. The summed E-state index contributed by atoms with van der Waals surface area (Å²) in [7, 11) is 0. The standard InChI is InChI=1S/C27H32N2O5/c1-16(2)24(25(30)28-14-17-8-7-13-18(17)26(31)32)29-27(33)34-15-23-21-11-5-3-9-19(21)20-10-4-6-12-22(20)23/h3-6,9-12,16-18,23-24H,7-8,13-15H2,1-2H3,(H,28,30)(H,29,33)(H,31,32)/t17-,18-,24?/m0/s1. The lowest BCUT2D eigenvalue weighted by molar-refractivity contribution is -0.143. The van der Waals surface area contributed by atoms with Crippen LogP contribution in [-0.2, 0) is 14.3 Å². The van der Waals surface area contributed by atoms with Crippen molar-refractivity contribution in [2.45, 2.75) is 45.1 Å².